The molecule has 2 amide bonds. The van der Waals surface area contributed by atoms with Crippen LogP contribution in [0.3, 0.4) is 0 Å². The van der Waals surface area contributed by atoms with Gasteiger partial charge in [-0.2, -0.15) is 0 Å². The third kappa shape index (κ3) is 3.08. The fraction of sp³-hybridized carbons (Fsp3) is 0.562. The summed E-state index contributed by atoms with van der Waals surface area (Å²) >= 11 is 0. The van der Waals surface area contributed by atoms with Gasteiger partial charge in [0.05, 0.1) is 23.6 Å². The summed E-state index contributed by atoms with van der Waals surface area (Å²) in [5, 5.41) is 0. The van der Waals surface area contributed by atoms with Gasteiger partial charge in [0.1, 0.15) is 5.56 Å². The number of sulfone groups is 1. The van der Waals surface area contributed by atoms with Crippen LogP contribution in [-0.2, 0) is 21.7 Å². The van der Waals surface area contributed by atoms with Crippen molar-refractivity contribution in [2.75, 3.05) is 24.6 Å². The molecular weight excluding hydrogens is 346 g/mol. The summed E-state index contributed by atoms with van der Waals surface area (Å²) in [4.78, 5) is 40.3. The SMILES string of the molecule is CCC(=O)N1CCN(C(=O)c2cccn(C)c2=O)[C@H]2CS(=O)(=O)C[C@H]21. The number of carbonyl (C=O) groups excluding carboxylic acids is 2. The Bertz CT molecular complexity index is 876. The largest absolute Gasteiger partial charge is 0.335 e. The summed E-state index contributed by atoms with van der Waals surface area (Å²) in [6, 6.07) is 1.91. The van der Waals surface area contributed by atoms with Crippen molar-refractivity contribution in [3.63, 3.8) is 0 Å². The highest BCUT2D eigenvalue weighted by molar-refractivity contribution is 7.91. The van der Waals surface area contributed by atoms with Crippen molar-refractivity contribution in [2.45, 2.75) is 25.4 Å². The molecule has 0 bridgehead atoms. The second-order valence-electron chi connectivity index (χ2n) is 6.49. The molecule has 2 saturated heterocycles. The average Bonchev–Trinajstić information content (AvgIpc) is 2.90. The molecule has 2 aliphatic rings. The molecule has 2 fully saturated rings. The van der Waals surface area contributed by atoms with E-state index in [0.717, 1.165) is 0 Å². The van der Waals surface area contributed by atoms with Crippen molar-refractivity contribution in [2.24, 2.45) is 7.05 Å². The zero-order chi connectivity index (χ0) is 18.4. The molecule has 8 nitrogen and oxygen atoms in total. The molecule has 0 unspecified atom stereocenters. The van der Waals surface area contributed by atoms with Crippen LogP contribution in [0.4, 0.5) is 0 Å². The first-order valence-electron chi connectivity index (χ1n) is 8.21. The quantitative estimate of drug-likeness (QED) is 0.685. The van der Waals surface area contributed by atoms with Gasteiger partial charge >= 0.3 is 0 Å². The van der Waals surface area contributed by atoms with Gasteiger partial charge in [0.15, 0.2) is 9.84 Å². The van der Waals surface area contributed by atoms with Crippen LogP contribution >= 0.6 is 0 Å². The second-order valence-corrected chi connectivity index (χ2v) is 8.64. The number of amides is 2. The summed E-state index contributed by atoms with van der Waals surface area (Å²) in [6.45, 7) is 2.23. The van der Waals surface area contributed by atoms with E-state index >= 15 is 0 Å². The Kier molecular flexibility index (Phi) is 4.44. The molecule has 0 aliphatic carbocycles. The lowest BCUT2D eigenvalue weighted by Crippen LogP contribution is -2.62. The average molecular weight is 367 g/mol. The number of piperazine rings is 1. The predicted molar refractivity (Wildman–Crippen MR) is 91.0 cm³/mol. The van der Waals surface area contributed by atoms with Gasteiger partial charge in [-0.25, -0.2) is 8.42 Å². The molecule has 0 N–H and O–H groups in total. The number of nitrogens with zero attached hydrogens (tertiary/aromatic N) is 3. The molecule has 0 aromatic carbocycles. The lowest BCUT2D eigenvalue weighted by molar-refractivity contribution is -0.135. The van der Waals surface area contributed by atoms with E-state index < -0.39 is 33.4 Å². The minimum absolute atomic E-state index is 0.0170. The van der Waals surface area contributed by atoms with Gasteiger partial charge in [0.2, 0.25) is 5.91 Å². The van der Waals surface area contributed by atoms with E-state index in [1.165, 1.54) is 15.5 Å². The van der Waals surface area contributed by atoms with E-state index in [1.54, 1.807) is 31.1 Å². The maximum absolute atomic E-state index is 12.9. The highest BCUT2D eigenvalue weighted by Crippen LogP contribution is 2.28. The number of carbonyl (C=O) groups is 2. The van der Waals surface area contributed by atoms with E-state index in [-0.39, 0.29) is 42.5 Å². The van der Waals surface area contributed by atoms with Crippen LogP contribution in [0.15, 0.2) is 23.1 Å². The van der Waals surface area contributed by atoms with Gasteiger partial charge in [-0.1, -0.05) is 6.92 Å². The number of aryl methyl sites for hydroxylation is 1. The molecule has 1 aromatic rings. The Balaban J connectivity index is 1.96. The Morgan fingerprint density at radius 3 is 2.40 bits per heavy atom. The van der Waals surface area contributed by atoms with Crippen LogP contribution in [-0.4, -0.2) is 71.3 Å². The fourth-order valence-corrected chi connectivity index (χ4v) is 5.61. The van der Waals surface area contributed by atoms with Crippen molar-refractivity contribution in [3.8, 4) is 0 Å². The lowest BCUT2D eigenvalue weighted by Gasteiger charge is -2.43. The maximum atomic E-state index is 12.9. The highest BCUT2D eigenvalue weighted by Gasteiger charge is 2.49. The second kappa shape index (κ2) is 6.29. The maximum Gasteiger partial charge on any atom is 0.263 e. The van der Waals surface area contributed by atoms with Gasteiger partial charge in [0.25, 0.3) is 11.5 Å². The first kappa shape index (κ1) is 17.7. The van der Waals surface area contributed by atoms with Gasteiger partial charge in [-0.3, -0.25) is 14.4 Å². The minimum atomic E-state index is -3.34. The summed E-state index contributed by atoms with van der Waals surface area (Å²) in [5.74, 6) is -0.906. The normalized spacial score (nSPS) is 24.9. The molecule has 9 heteroatoms. The molecule has 2 atom stereocenters. The van der Waals surface area contributed by atoms with Crippen LogP contribution in [0.25, 0.3) is 0 Å². The van der Waals surface area contributed by atoms with Crippen LogP contribution in [0, 0.1) is 0 Å². The Morgan fingerprint density at radius 2 is 1.76 bits per heavy atom. The highest BCUT2D eigenvalue weighted by atomic mass is 32.2. The lowest BCUT2D eigenvalue weighted by atomic mass is 10.0. The Labute approximate surface area is 145 Å². The van der Waals surface area contributed by atoms with E-state index in [9.17, 15) is 22.8 Å². The minimum Gasteiger partial charge on any atom is -0.335 e. The molecule has 25 heavy (non-hydrogen) atoms. The van der Waals surface area contributed by atoms with E-state index in [4.69, 9.17) is 0 Å². The first-order valence-corrected chi connectivity index (χ1v) is 10.0. The summed E-state index contributed by atoms with van der Waals surface area (Å²) < 4.78 is 25.6. The third-order valence-electron chi connectivity index (χ3n) is 4.91. The number of fused-ring (bicyclic) bond motifs is 1. The number of hydrogen-bond acceptors (Lipinski definition) is 5. The topological polar surface area (TPSA) is 96.8 Å². The van der Waals surface area contributed by atoms with Crippen molar-refractivity contribution >= 4 is 21.7 Å². The summed E-state index contributed by atoms with van der Waals surface area (Å²) in [6.07, 6.45) is 1.84. The monoisotopic (exact) mass is 367 g/mol. The van der Waals surface area contributed by atoms with E-state index in [1.807, 2.05) is 0 Å². The van der Waals surface area contributed by atoms with Crippen molar-refractivity contribution in [1.82, 2.24) is 14.4 Å². The van der Waals surface area contributed by atoms with Gasteiger partial charge in [-0.05, 0) is 12.1 Å². The molecule has 3 heterocycles. The molecule has 0 radical (unpaired) electrons. The van der Waals surface area contributed by atoms with Gasteiger partial charge in [-0.15, -0.1) is 0 Å². The van der Waals surface area contributed by atoms with Crippen LogP contribution < -0.4 is 5.56 Å². The molecule has 0 saturated carbocycles. The van der Waals surface area contributed by atoms with Crippen LogP contribution in [0.1, 0.15) is 23.7 Å². The van der Waals surface area contributed by atoms with Crippen molar-refractivity contribution < 1.29 is 18.0 Å². The van der Waals surface area contributed by atoms with Crippen LogP contribution in [0.5, 0.6) is 0 Å². The van der Waals surface area contributed by atoms with Crippen molar-refractivity contribution in [3.05, 3.63) is 34.2 Å². The molecule has 3 rings (SSSR count). The van der Waals surface area contributed by atoms with Crippen molar-refractivity contribution in [1.29, 1.82) is 0 Å². The Morgan fingerprint density at radius 1 is 1.16 bits per heavy atom. The number of rotatable bonds is 2. The number of hydrogen-bond donors (Lipinski definition) is 0. The molecular formula is C16H21N3O5S. The van der Waals surface area contributed by atoms with E-state index in [2.05, 4.69) is 0 Å². The van der Waals surface area contributed by atoms with Crippen LogP contribution in [0.2, 0.25) is 0 Å². The summed E-state index contributed by atoms with van der Waals surface area (Å²) in [5.41, 5.74) is -0.403. The number of pyridine rings is 1. The molecule has 0 spiro atoms. The fourth-order valence-electron chi connectivity index (χ4n) is 3.63. The zero-order valence-corrected chi connectivity index (χ0v) is 15.0. The molecule has 136 valence electrons. The van der Waals surface area contributed by atoms with Gasteiger partial charge in [0, 0.05) is 32.8 Å². The summed E-state index contributed by atoms with van der Waals surface area (Å²) in [7, 11) is -1.79. The van der Waals surface area contributed by atoms with Gasteiger partial charge < -0.3 is 14.4 Å². The Hall–Kier alpha value is -2.16. The zero-order valence-electron chi connectivity index (χ0n) is 14.2. The number of aromatic nitrogens is 1. The smallest absolute Gasteiger partial charge is 0.263 e. The molecule has 1 aromatic heterocycles. The standard InChI is InChI=1S/C16H21N3O5S/c1-3-14(20)18-7-8-19(13-10-25(23,24)9-12(13)18)16(22)11-5-4-6-17(2)15(11)21/h4-6,12-13H,3,7-10H2,1-2H3/t12-,13+/m1/s1. The predicted octanol–water partition coefficient (Wildman–Crippen LogP) is -0.755. The first-order chi connectivity index (χ1) is 11.7. The third-order valence-corrected chi connectivity index (χ3v) is 6.61. The molecule has 2 aliphatic heterocycles. The van der Waals surface area contributed by atoms with E-state index in [0.29, 0.717) is 0 Å².